The fourth-order valence-electron chi connectivity index (χ4n) is 2.92. The van der Waals surface area contributed by atoms with E-state index in [1.807, 2.05) is 24.3 Å². The van der Waals surface area contributed by atoms with Gasteiger partial charge in [0.25, 0.3) is 5.91 Å². The number of esters is 1. The topological polar surface area (TPSA) is 55.4 Å². The Hall–Kier alpha value is -2.74. The van der Waals surface area contributed by atoms with Crippen molar-refractivity contribution in [2.75, 3.05) is 12.4 Å². The number of hydrogen-bond acceptors (Lipinski definition) is 5. The number of fused-ring (bicyclic) bond motifs is 1. The smallest absolute Gasteiger partial charge is 0.341 e. The van der Waals surface area contributed by atoms with Gasteiger partial charge in [0.15, 0.2) is 0 Å². The summed E-state index contributed by atoms with van der Waals surface area (Å²) in [7, 11) is 1.27. The SMILES string of the molecule is COC(=O)c1c(-c2ccc(F)cc2)csc1NC(=O)c1sc2ccccc2c1Cl. The zero-order valence-electron chi connectivity index (χ0n) is 15.0. The third-order valence-corrected chi connectivity index (χ3v) is 6.87. The van der Waals surface area contributed by atoms with Crippen LogP contribution in [0.5, 0.6) is 0 Å². The summed E-state index contributed by atoms with van der Waals surface area (Å²) in [6.45, 7) is 0. The summed E-state index contributed by atoms with van der Waals surface area (Å²) in [6, 6.07) is 13.2. The van der Waals surface area contributed by atoms with E-state index in [0.29, 0.717) is 26.0 Å². The highest BCUT2D eigenvalue weighted by molar-refractivity contribution is 7.22. The Kier molecular flexibility index (Phi) is 5.36. The van der Waals surface area contributed by atoms with Gasteiger partial charge in [0.05, 0.1) is 12.1 Å². The van der Waals surface area contributed by atoms with Crippen LogP contribution in [0.3, 0.4) is 0 Å². The summed E-state index contributed by atoms with van der Waals surface area (Å²) in [5.74, 6) is -1.38. The maximum Gasteiger partial charge on any atom is 0.341 e. The molecule has 0 fully saturated rings. The minimum atomic E-state index is -0.594. The van der Waals surface area contributed by atoms with Crippen LogP contribution in [0.2, 0.25) is 5.02 Å². The zero-order valence-corrected chi connectivity index (χ0v) is 17.4. The molecule has 0 saturated carbocycles. The highest BCUT2D eigenvalue weighted by Gasteiger charge is 2.24. The molecule has 0 aliphatic heterocycles. The van der Waals surface area contributed by atoms with Gasteiger partial charge >= 0.3 is 5.97 Å². The van der Waals surface area contributed by atoms with E-state index in [2.05, 4.69) is 5.32 Å². The van der Waals surface area contributed by atoms with E-state index in [0.717, 1.165) is 10.1 Å². The first-order valence-electron chi connectivity index (χ1n) is 8.43. The highest BCUT2D eigenvalue weighted by atomic mass is 35.5. The van der Waals surface area contributed by atoms with Crippen molar-refractivity contribution in [3.05, 3.63) is 75.2 Å². The van der Waals surface area contributed by atoms with Gasteiger partial charge in [-0.05, 0) is 23.8 Å². The van der Waals surface area contributed by atoms with Gasteiger partial charge in [-0.2, -0.15) is 0 Å². The first kappa shape index (κ1) is 19.6. The average molecular weight is 446 g/mol. The van der Waals surface area contributed by atoms with Crippen molar-refractivity contribution in [2.45, 2.75) is 0 Å². The third-order valence-electron chi connectivity index (χ3n) is 4.30. The number of amides is 1. The number of anilines is 1. The Morgan fingerprint density at radius 3 is 2.52 bits per heavy atom. The number of rotatable bonds is 4. The number of carbonyl (C=O) groups is 2. The van der Waals surface area contributed by atoms with E-state index >= 15 is 0 Å². The molecule has 0 unspecified atom stereocenters. The van der Waals surface area contributed by atoms with E-state index < -0.39 is 11.9 Å². The number of benzene rings is 2. The van der Waals surface area contributed by atoms with Crippen LogP contribution in [0.1, 0.15) is 20.0 Å². The Labute approximate surface area is 178 Å². The molecule has 146 valence electrons. The maximum atomic E-state index is 13.3. The molecule has 0 aliphatic carbocycles. The minimum Gasteiger partial charge on any atom is -0.465 e. The highest BCUT2D eigenvalue weighted by Crippen LogP contribution is 2.39. The average Bonchev–Trinajstić information content (AvgIpc) is 3.29. The van der Waals surface area contributed by atoms with E-state index in [4.69, 9.17) is 16.3 Å². The fraction of sp³-hybridized carbons (Fsp3) is 0.0476. The molecule has 2 aromatic carbocycles. The molecule has 1 N–H and O–H groups in total. The Morgan fingerprint density at radius 2 is 1.83 bits per heavy atom. The fourth-order valence-corrected chi connectivity index (χ4v) is 5.28. The molecular weight excluding hydrogens is 433 g/mol. The van der Waals surface area contributed by atoms with E-state index in [-0.39, 0.29) is 11.4 Å². The van der Waals surface area contributed by atoms with Gasteiger partial charge in [0, 0.05) is 21.0 Å². The molecule has 0 spiro atoms. The molecule has 8 heteroatoms. The van der Waals surface area contributed by atoms with E-state index in [9.17, 15) is 14.0 Å². The molecule has 29 heavy (non-hydrogen) atoms. The number of ether oxygens (including phenoxy) is 1. The van der Waals surface area contributed by atoms with Crippen LogP contribution in [0.15, 0.2) is 53.9 Å². The molecule has 0 radical (unpaired) electrons. The van der Waals surface area contributed by atoms with Gasteiger partial charge in [-0.25, -0.2) is 9.18 Å². The van der Waals surface area contributed by atoms with Crippen LogP contribution in [-0.4, -0.2) is 19.0 Å². The lowest BCUT2D eigenvalue weighted by atomic mass is 10.0. The van der Waals surface area contributed by atoms with Crippen molar-refractivity contribution >= 4 is 61.2 Å². The van der Waals surface area contributed by atoms with Crippen molar-refractivity contribution in [2.24, 2.45) is 0 Å². The number of carbonyl (C=O) groups excluding carboxylic acids is 2. The van der Waals surface area contributed by atoms with Crippen LogP contribution < -0.4 is 5.32 Å². The number of halogens is 2. The predicted octanol–water partition coefficient (Wildman–Crippen LogP) is 6.46. The van der Waals surface area contributed by atoms with Crippen molar-refractivity contribution in [3.8, 4) is 11.1 Å². The first-order valence-corrected chi connectivity index (χ1v) is 10.5. The summed E-state index contributed by atoms with van der Waals surface area (Å²) >= 11 is 8.86. The quantitative estimate of drug-likeness (QED) is 0.367. The number of nitrogens with one attached hydrogen (secondary N) is 1. The minimum absolute atomic E-state index is 0.217. The normalized spacial score (nSPS) is 10.9. The Balaban J connectivity index is 1.73. The maximum absolute atomic E-state index is 13.3. The number of thiophene rings is 2. The number of hydrogen-bond donors (Lipinski definition) is 1. The van der Waals surface area contributed by atoms with Gasteiger partial charge in [-0.3, -0.25) is 4.79 Å². The van der Waals surface area contributed by atoms with Gasteiger partial charge < -0.3 is 10.1 Å². The van der Waals surface area contributed by atoms with Crippen molar-refractivity contribution in [1.82, 2.24) is 0 Å². The van der Waals surface area contributed by atoms with Gasteiger partial charge in [0.1, 0.15) is 21.3 Å². The summed E-state index contributed by atoms with van der Waals surface area (Å²) in [6.07, 6.45) is 0. The predicted molar refractivity (Wildman–Crippen MR) is 116 cm³/mol. The van der Waals surface area contributed by atoms with Crippen LogP contribution in [-0.2, 0) is 4.74 Å². The lowest BCUT2D eigenvalue weighted by Gasteiger charge is -2.07. The summed E-state index contributed by atoms with van der Waals surface area (Å²) in [5, 5.41) is 6.02. The van der Waals surface area contributed by atoms with E-state index in [1.165, 1.54) is 41.9 Å². The second-order valence-electron chi connectivity index (χ2n) is 6.05. The Bertz CT molecular complexity index is 1230. The summed E-state index contributed by atoms with van der Waals surface area (Å²) in [5.41, 5.74) is 1.41. The van der Waals surface area contributed by atoms with Crippen LogP contribution in [0.25, 0.3) is 21.2 Å². The lowest BCUT2D eigenvalue weighted by molar-refractivity contribution is 0.0603. The Morgan fingerprint density at radius 1 is 1.10 bits per heavy atom. The van der Waals surface area contributed by atoms with E-state index in [1.54, 1.807) is 17.5 Å². The molecule has 1 amide bonds. The second-order valence-corrected chi connectivity index (χ2v) is 8.36. The van der Waals surface area contributed by atoms with Gasteiger partial charge in [-0.15, -0.1) is 22.7 Å². The molecule has 4 nitrogen and oxygen atoms in total. The van der Waals surface area contributed by atoms with Crippen LogP contribution in [0.4, 0.5) is 9.39 Å². The van der Waals surface area contributed by atoms with Gasteiger partial charge in [0.2, 0.25) is 0 Å². The molecule has 0 atom stereocenters. The molecule has 2 heterocycles. The molecule has 0 saturated heterocycles. The van der Waals surface area contributed by atoms with Crippen LogP contribution in [0, 0.1) is 5.82 Å². The molecular formula is C21H13ClFNO3S2. The first-order chi connectivity index (χ1) is 14.0. The van der Waals surface area contributed by atoms with Crippen LogP contribution >= 0.6 is 34.3 Å². The molecule has 4 rings (SSSR count). The molecule has 2 aromatic heterocycles. The number of methoxy groups -OCH3 is 1. The molecule has 4 aromatic rings. The second kappa shape index (κ2) is 7.94. The lowest BCUT2D eigenvalue weighted by Crippen LogP contribution is -2.13. The van der Waals surface area contributed by atoms with Gasteiger partial charge in [-0.1, -0.05) is 41.9 Å². The largest absolute Gasteiger partial charge is 0.465 e. The molecule has 0 aliphatic rings. The zero-order chi connectivity index (χ0) is 20.5. The molecule has 0 bridgehead atoms. The third kappa shape index (κ3) is 3.64. The van der Waals surface area contributed by atoms with Crippen molar-refractivity contribution in [3.63, 3.8) is 0 Å². The summed E-state index contributed by atoms with van der Waals surface area (Å²) in [4.78, 5) is 25.7. The van der Waals surface area contributed by atoms with Crippen molar-refractivity contribution in [1.29, 1.82) is 0 Å². The summed E-state index contributed by atoms with van der Waals surface area (Å²) < 4.78 is 19.1. The van der Waals surface area contributed by atoms with Crippen molar-refractivity contribution < 1.29 is 18.7 Å². The standard InChI is InChI=1S/C21H13ClFNO3S2/c1-27-21(26)16-14(11-6-8-12(23)9-7-11)10-28-20(16)24-19(25)18-17(22)13-4-2-3-5-15(13)29-18/h2-10H,1H3,(H,24,25). The monoisotopic (exact) mass is 445 g/mol.